The maximum absolute atomic E-state index is 13.4. The van der Waals surface area contributed by atoms with Gasteiger partial charge in [0.05, 0.1) is 12.5 Å². The smallest absolute Gasteiger partial charge is 0.410 e. The molecule has 1 rings (SSSR count). The highest BCUT2D eigenvalue weighted by Crippen LogP contribution is 2.22. The Morgan fingerprint density at radius 2 is 1.85 bits per heavy atom. The number of hydrogen-bond acceptors (Lipinski definition) is 6. The Morgan fingerprint density at radius 3 is 2.42 bits per heavy atom. The molecule has 1 aliphatic rings. The number of hydroxylamine groups is 2. The molecule has 0 radical (unpaired) electrons. The molecule has 1 fully saturated rings. The molecule has 1 unspecified atom stereocenters. The van der Waals surface area contributed by atoms with E-state index in [2.05, 4.69) is 5.43 Å². The summed E-state index contributed by atoms with van der Waals surface area (Å²) in [6.45, 7) is 9.91. The normalized spacial score (nSPS) is 16.8. The van der Waals surface area contributed by atoms with E-state index in [0.29, 0.717) is 43.8 Å². The van der Waals surface area contributed by atoms with Crippen LogP contribution in [0.3, 0.4) is 0 Å². The molecule has 1 aliphatic heterocycles. The van der Waals surface area contributed by atoms with Crippen LogP contribution >= 0.6 is 0 Å². The van der Waals surface area contributed by atoms with Gasteiger partial charge in [-0.1, -0.05) is 39.5 Å². The number of hydrazine groups is 1. The van der Waals surface area contributed by atoms with Crippen molar-refractivity contribution >= 4 is 24.3 Å². The monoisotopic (exact) mass is 470 g/mol. The van der Waals surface area contributed by atoms with Crippen molar-refractivity contribution in [3.05, 3.63) is 0 Å². The number of ether oxygens (including phenoxy) is 1. The van der Waals surface area contributed by atoms with Crippen LogP contribution in [0.2, 0.25) is 0 Å². The second kappa shape index (κ2) is 14.0. The molecule has 0 aromatic rings. The lowest BCUT2D eigenvalue weighted by Crippen LogP contribution is -2.56. The van der Waals surface area contributed by atoms with Crippen LogP contribution in [0.1, 0.15) is 86.0 Å². The maximum atomic E-state index is 13.4. The van der Waals surface area contributed by atoms with Crippen molar-refractivity contribution in [1.29, 1.82) is 0 Å². The lowest BCUT2D eigenvalue weighted by Gasteiger charge is -2.32. The summed E-state index contributed by atoms with van der Waals surface area (Å²) in [6, 6.07) is -0.708. The molecular weight excluding hydrogens is 428 g/mol. The molecular formula is C23H42N4O6. The van der Waals surface area contributed by atoms with E-state index in [1.54, 1.807) is 20.8 Å². The third-order valence-corrected chi connectivity index (χ3v) is 5.47. The maximum Gasteiger partial charge on any atom is 0.410 e. The highest BCUT2D eigenvalue weighted by molar-refractivity contribution is 5.89. The third kappa shape index (κ3) is 9.98. The Kier molecular flexibility index (Phi) is 12.2. The van der Waals surface area contributed by atoms with E-state index in [9.17, 15) is 24.4 Å². The fourth-order valence-corrected chi connectivity index (χ4v) is 3.72. The zero-order chi connectivity index (χ0) is 25.0. The van der Waals surface area contributed by atoms with Crippen LogP contribution in [0.25, 0.3) is 0 Å². The van der Waals surface area contributed by atoms with Gasteiger partial charge < -0.3 is 4.74 Å². The van der Waals surface area contributed by atoms with E-state index in [-0.39, 0.29) is 18.9 Å². The molecule has 0 saturated carbocycles. The zero-order valence-electron chi connectivity index (χ0n) is 20.8. The molecule has 2 N–H and O–H groups in total. The molecule has 0 bridgehead atoms. The zero-order valence-corrected chi connectivity index (χ0v) is 20.8. The molecule has 190 valence electrons. The van der Waals surface area contributed by atoms with Gasteiger partial charge in [-0.3, -0.25) is 34.9 Å². The van der Waals surface area contributed by atoms with E-state index in [0.717, 1.165) is 25.7 Å². The number of nitrogens with one attached hydrogen (secondary N) is 1. The van der Waals surface area contributed by atoms with Gasteiger partial charge in [-0.15, -0.1) is 0 Å². The lowest BCUT2D eigenvalue weighted by molar-refractivity contribution is -0.157. The summed E-state index contributed by atoms with van der Waals surface area (Å²) in [4.78, 5) is 51.3. The molecule has 0 aliphatic carbocycles. The number of carbonyl (C=O) groups is 4. The van der Waals surface area contributed by atoms with Gasteiger partial charge in [0.15, 0.2) is 0 Å². The van der Waals surface area contributed by atoms with Crippen LogP contribution in [0.4, 0.5) is 4.79 Å². The van der Waals surface area contributed by atoms with E-state index < -0.39 is 29.6 Å². The molecule has 33 heavy (non-hydrogen) atoms. The van der Waals surface area contributed by atoms with Crippen LogP contribution in [0.5, 0.6) is 0 Å². The van der Waals surface area contributed by atoms with Gasteiger partial charge in [0.1, 0.15) is 11.6 Å². The van der Waals surface area contributed by atoms with Crippen molar-refractivity contribution in [2.75, 3.05) is 19.6 Å². The van der Waals surface area contributed by atoms with Crippen molar-refractivity contribution in [2.24, 2.45) is 5.92 Å². The molecule has 10 nitrogen and oxygen atoms in total. The van der Waals surface area contributed by atoms with E-state index in [4.69, 9.17) is 4.74 Å². The van der Waals surface area contributed by atoms with Crippen molar-refractivity contribution in [3.63, 3.8) is 0 Å². The summed E-state index contributed by atoms with van der Waals surface area (Å²) in [6.07, 6.45) is 5.50. The molecule has 1 heterocycles. The van der Waals surface area contributed by atoms with Crippen molar-refractivity contribution in [1.82, 2.24) is 20.4 Å². The summed E-state index contributed by atoms with van der Waals surface area (Å²) < 4.78 is 5.46. The fourth-order valence-electron chi connectivity index (χ4n) is 3.72. The molecule has 2 atom stereocenters. The standard InChI is InChI=1S/C23H42N4O6/c1-6-8-10-12-18(16-25(32)17-28)20(29)24-27(15-9-7-2)21(30)19-13-11-14-26(19)22(31)33-23(3,4)5/h17-19,32H,6-16H2,1-5H3,(H,24,29)/t18?,19-/m0/s1. The summed E-state index contributed by atoms with van der Waals surface area (Å²) in [7, 11) is 0. The fraction of sp³-hybridized carbons (Fsp3) is 0.826. The number of rotatable bonds is 12. The van der Waals surface area contributed by atoms with Crippen molar-refractivity contribution < 1.29 is 29.1 Å². The minimum atomic E-state index is -0.708. The minimum Gasteiger partial charge on any atom is -0.444 e. The Morgan fingerprint density at radius 1 is 1.18 bits per heavy atom. The van der Waals surface area contributed by atoms with E-state index in [1.165, 1.54) is 9.91 Å². The number of nitrogens with zero attached hydrogens (tertiary/aromatic N) is 3. The first-order valence-corrected chi connectivity index (χ1v) is 12.1. The SMILES string of the molecule is CCCCCC(CN(O)C=O)C(=O)NN(CCCC)C(=O)[C@@H]1CCCN1C(=O)OC(C)(C)C. The summed E-state index contributed by atoms with van der Waals surface area (Å²) >= 11 is 0. The summed E-state index contributed by atoms with van der Waals surface area (Å²) in [5, 5.41) is 11.4. The first-order chi connectivity index (χ1) is 15.5. The van der Waals surface area contributed by atoms with Gasteiger partial charge >= 0.3 is 6.09 Å². The second-order valence-corrected chi connectivity index (χ2v) is 9.57. The van der Waals surface area contributed by atoms with Gasteiger partial charge in [0.25, 0.3) is 5.91 Å². The minimum absolute atomic E-state index is 0.150. The van der Waals surface area contributed by atoms with Crippen LogP contribution in [-0.4, -0.2) is 75.8 Å². The van der Waals surface area contributed by atoms with Crippen LogP contribution in [0, 0.1) is 5.92 Å². The highest BCUT2D eigenvalue weighted by Gasteiger charge is 2.39. The third-order valence-electron chi connectivity index (χ3n) is 5.47. The lowest BCUT2D eigenvalue weighted by atomic mass is 10.0. The predicted octanol–water partition coefficient (Wildman–Crippen LogP) is 3.09. The van der Waals surface area contributed by atoms with Crippen molar-refractivity contribution in [2.45, 2.75) is 97.6 Å². The quantitative estimate of drug-likeness (QED) is 0.196. The number of unbranched alkanes of at least 4 members (excludes halogenated alkanes) is 3. The molecule has 0 spiro atoms. The van der Waals surface area contributed by atoms with Crippen LogP contribution in [0.15, 0.2) is 0 Å². The Balaban J connectivity index is 2.96. The number of carbonyl (C=O) groups excluding carboxylic acids is 4. The second-order valence-electron chi connectivity index (χ2n) is 9.57. The van der Waals surface area contributed by atoms with Crippen LogP contribution < -0.4 is 5.43 Å². The Bertz CT molecular complexity index is 651. The largest absolute Gasteiger partial charge is 0.444 e. The van der Waals surface area contributed by atoms with Gasteiger partial charge in [-0.2, -0.15) is 0 Å². The predicted molar refractivity (Wildman–Crippen MR) is 123 cm³/mol. The number of amides is 4. The molecule has 1 saturated heterocycles. The number of hydrogen-bond donors (Lipinski definition) is 2. The average molecular weight is 471 g/mol. The highest BCUT2D eigenvalue weighted by atomic mass is 16.6. The topological polar surface area (TPSA) is 119 Å². The van der Waals surface area contributed by atoms with E-state index >= 15 is 0 Å². The molecule has 4 amide bonds. The molecule has 0 aromatic carbocycles. The Labute approximate surface area is 197 Å². The average Bonchev–Trinajstić information content (AvgIpc) is 3.24. The van der Waals surface area contributed by atoms with Gasteiger partial charge in [-0.25, -0.2) is 9.86 Å². The first kappa shape index (κ1) is 28.7. The van der Waals surface area contributed by atoms with Crippen molar-refractivity contribution in [3.8, 4) is 0 Å². The summed E-state index contributed by atoms with van der Waals surface area (Å²) in [5.74, 6) is -1.45. The number of likely N-dealkylation sites (tertiary alicyclic amines) is 1. The Hall–Kier alpha value is -2.36. The summed E-state index contributed by atoms with van der Waals surface area (Å²) in [5.41, 5.74) is 2.03. The first-order valence-electron chi connectivity index (χ1n) is 12.1. The van der Waals surface area contributed by atoms with Gasteiger partial charge in [-0.05, 0) is 46.5 Å². The molecule has 0 aromatic heterocycles. The molecule has 10 heteroatoms. The van der Waals surface area contributed by atoms with Gasteiger partial charge in [0, 0.05) is 13.1 Å². The van der Waals surface area contributed by atoms with E-state index in [1.807, 2.05) is 13.8 Å². The van der Waals surface area contributed by atoms with Gasteiger partial charge in [0.2, 0.25) is 12.3 Å². The van der Waals surface area contributed by atoms with Crippen LogP contribution in [-0.2, 0) is 19.1 Å².